The van der Waals surface area contributed by atoms with Crippen LogP contribution in [-0.2, 0) is 0 Å². The Labute approximate surface area is 99.2 Å². The number of benzene rings is 1. The van der Waals surface area contributed by atoms with Crippen LogP contribution in [0, 0.1) is 5.92 Å². The van der Waals surface area contributed by atoms with E-state index in [-0.39, 0.29) is 0 Å². The van der Waals surface area contributed by atoms with E-state index < -0.39 is 0 Å². The molecule has 0 heterocycles. The fourth-order valence-corrected chi connectivity index (χ4v) is 1.73. The van der Waals surface area contributed by atoms with Crippen molar-refractivity contribution in [2.24, 2.45) is 11.7 Å². The molecule has 2 unspecified atom stereocenters. The van der Waals surface area contributed by atoms with Gasteiger partial charge in [0.15, 0.2) is 0 Å². The predicted molar refractivity (Wildman–Crippen MR) is 70.3 cm³/mol. The third-order valence-electron chi connectivity index (χ3n) is 3.16. The molecule has 1 rings (SSSR count). The molecule has 16 heavy (non-hydrogen) atoms. The monoisotopic (exact) mass is 220 g/mol. The zero-order valence-corrected chi connectivity index (χ0v) is 10.4. The maximum Gasteiger partial charge on any atom is 0.0444 e. The molecule has 0 aromatic heterocycles. The fourth-order valence-electron chi connectivity index (χ4n) is 1.73. The Morgan fingerprint density at radius 3 is 2.50 bits per heavy atom. The van der Waals surface area contributed by atoms with Gasteiger partial charge in [-0.1, -0.05) is 50.6 Å². The molecule has 0 fully saturated rings. The van der Waals surface area contributed by atoms with Crippen molar-refractivity contribution in [3.63, 3.8) is 0 Å². The van der Waals surface area contributed by atoms with E-state index in [1.807, 2.05) is 6.07 Å². The Hall–Kier alpha value is -0.860. The lowest BCUT2D eigenvalue weighted by Crippen LogP contribution is -2.29. The zero-order valence-electron chi connectivity index (χ0n) is 10.4. The highest BCUT2D eigenvalue weighted by molar-refractivity contribution is 5.19. The third kappa shape index (κ3) is 4.33. The molecule has 0 amide bonds. The summed E-state index contributed by atoms with van der Waals surface area (Å²) in [4.78, 5) is 0. The average Bonchev–Trinajstić information content (AvgIpc) is 2.35. The van der Waals surface area contributed by atoms with Crippen LogP contribution in [0.3, 0.4) is 0 Å². The summed E-state index contributed by atoms with van der Waals surface area (Å²) in [5.41, 5.74) is 7.08. The van der Waals surface area contributed by atoms with Gasteiger partial charge in [-0.3, -0.25) is 0 Å². The van der Waals surface area contributed by atoms with Crippen molar-refractivity contribution >= 4 is 0 Å². The van der Waals surface area contributed by atoms with Crippen molar-refractivity contribution in [3.8, 4) is 0 Å². The number of rotatable bonds is 7. The summed E-state index contributed by atoms with van der Waals surface area (Å²) < 4.78 is 0. The second-order valence-corrected chi connectivity index (χ2v) is 4.46. The van der Waals surface area contributed by atoms with Gasteiger partial charge in [-0.05, 0) is 24.4 Å². The maximum absolute atomic E-state index is 5.79. The van der Waals surface area contributed by atoms with Crippen LogP contribution in [0.25, 0.3) is 0 Å². The van der Waals surface area contributed by atoms with Crippen molar-refractivity contribution in [1.29, 1.82) is 0 Å². The molecule has 0 aliphatic rings. The molecule has 0 spiro atoms. The molecule has 1 aromatic carbocycles. The number of hydrogen-bond acceptors (Lipinski definition) is 2. The van der Waals surface area contributed by atoms with E-state index in [4.69, 9.17) is 5.73 Å². The molecule has 2 atom stereocenters. The van der Waals surface area contributed by atoms with Crippen molar-refractivity contribution in [1.82, 2.24) is 5.32 Å². The van der Waals surface area contributed by atoms with Crippen LogP contribution in [0.2, 0.25) is 0 Å². The number of nitrogens with one attached hydrogen (secondary N) is 1. The van der Waals surface area contributed by atoms with E-state index in [1.54, 1.807) is 0 Å². The molecule has 0 saturated heterocycles. The first-order valence-electron chi connectivity index (χ1n) is 6.26. The highest BCUT2D eigenvalue weighted by Crippen LogP contribution is 2.12. The van der Waals surface area contributed by atoms with Crippen LogP contribution in [0.4, 0.5) is 0 Å². The van der Waals surface area contributed by atoms with Crippen LogP contribution in [0.5, 0.6) is 0 Å². The molecular weight excluding hydrogens is 196 g/mol. The molecule has 0 aliphatic carbocycles. The maximum atomic E-state index is 5.79. The van der Waals surface area contributed by atoms with Gasteiger partial charge >= 0.3 is 0 Å². The summed E-state index contributed by atoms with van der Waals surface area (Å²) in [5.74, 6) is 0.793. The summed E-state index contributed by atoms with van der Waals surface area (Å²) in [6.45, 7) is 6.24. The summed E-state index contributed by atoms with van der Waals surface area (Å²) in [5, 5.41) is 3.53. The van der Waals surface area contributed by atoms with Gasteiger partial charge in [0.1, 0.15) is 0 Å². The van der Waals surface area contributed by atoms with Crippen molar-refractivity contribution in [3.05, 3.63) is 35.9 Å². The first-order chi connectivity index (χ1) is 7.77. The molecule has 90 valence electrons. The van der Waals surface area contributed by atoms with Gasteiger partial charge in [0.25, 0.3) is 0 Å². The third-order valence-corrected chi connectivity index (χ3v) is 3.16. The number of hydrogen-bond donors (Lipinski definition) is 2. The molecule has 0 saturated carbocycles. The first kappa shape index (κ1) is 13.2. The Kier molecular flexibility index (Phi) is 6.12. The predicted octanol–water partition coefficient (Wildman–Crippen LogP) is 2.71. The van der Waals surface area contributed by atoms with E-state index in [1.165, 1.54) is 18.4 Å². The lowest BCUT2D eigenvalue weighted by molar-refractivity contribution is 0.454. The van der Waals surface area contributed by atoms with Crippen molar-refractivity contribution < 1.29 is 0 Å². The second kappa shape index (κ2) is 7.42. The highest BCUT2D eigenvalue weighted by Gasteiger charge is 2.08. The summed E-state index contributed by atoms with van der Waals surface area (Å²) in [6.07, 6.45) is 2.47. The molecule has 0 bridgehead atoms. The van der Waals surface area contributed by atoms with E-state index in [0.29, 0.717) is 12.6 Å². The zero-order chi connectivity index (χ0) is 11.8. The first-order valence-corrected chi connectivity index (χ1v) is 6.26. The molecule has 1 aromatic rings. The highest BCUT2D eigenvalue weighted by atomic mass is 14.9. The summed E-state index contributed by atoms with van der Waals surface area (Å²) in [7, 11) is 0. The molecule has 2 nitrogen and oxygen atoms in total. The Morgan fingerprint density at radius 1 is 1.25 bits per heavy atom. The van der Waals surface area contributed by atoms with E-state index in [2.05, 4.69) is 43.4 Å². The van der Waals surface area contributed by atoms with Crippen molar-refractivity contribution in [2.45, 2.75) is 32.7 Å². The van der Waals surface area contributed by atoms with Crippen LogP contribution < -0.4 is 11.1 Å². The minimum Gasteiger partial charge on any atom is -0.329 e. The minimum atomic E-state index is 0.297. The van der Waals surface area contributed by atoms with Gasteiger partial charge in [-0.15, -0.1) is 0 Å². The molecule has 2 heteroatoms. The molecular formula is C14H24N2. The smallest absolute Gasteiger partial charge is 0.0444 e. The Balaban J connectivity index is 2.38. The lowest BCUT2D eigenvalue weighted by Gasteiger charge is -2.18. The molecule has 3 N–H and O–H groups in total. The largest absolute Gasteiger partial charge is 0.329 e. The van der Waals surface area contributed by atoms with Gasteiger partial charge in [-0.25, -0.2) is 0 Å². The van der Waals surface area contributed by atoms with E-state index in [0.717, 1.165) is 12.5 Å². The Morgan fingerprint density at radius 2 is 1.94 bits per heavy atom. The SMILES string of the molecule is CCC(C)CCNC(CN)c1ccccc1. The van der Waals surface area contributed by atoms with Crippen LogP contribution in [-0.4, -0.2) is 13.1 Å². The van der Waals surface area contributed by atoms with Gasteiger partial charge in [0.05, 0.1) is 0 Å². The van der Waals surface area contributed by atoms with Crippen LogP contribution in [0.1, 0.15) is 38.3 Å². The standard InChI is InChI=1S/C14H24N2/c1-3-12(2)9-10-16-14(11-15)13-7-5-4-6-8-13/h4-8,12,14,16H,3,9-11,15H2,1-2H3. The van der Waals surface area contributed by atoms with Gasteiger partial charge in [0.2, 0.25) is 0 Å². The summed E-state index contributed by atoms with van der Waals surface area (Å²) >= 11 is 0. The molecule has 0 radical (unpaired) electrons. The van der Waals surface area contributed by atoms with Gasteiger partial charge < -0.3 is 11.1 Å². The van der Waals surface area contributed by atoms with Crippen molar-refractivity contribution in [2.75, 3.05) is 13.1 Å². The Bertz CT molecular complexity index is 271. The van der Waals surface area contributed by atoms with E-state index >= 15 is 0 Å². The number of nitrogens with two attached hydrogens (primary N) is 1. The summed E-state index contributed by atoms with van der Waals surface area (Å²) in [6, 6.07) is 10.7. The molecule has 0 aliphatic heterocycles. The topological polar surface area (TPSA) is 38.0 Å². The lowest BCUT2D eigenvalue weighted by atomic mass is 10.0. The quantitative estimate of drug-likeness (QED) is 0.741. The average molecular weight is 220 g/mol. The van der Waals surface area contributed by atoms with Crippen LogP contribution >= 0.6 is 0 Å². The van der Waals surface area contributed by atoms with Gasteiger partial charge in [-0.2, -0.15) is 0 Å². The minimum absolute atomic E-state index is 0.297. The van der Waals surface area contributed by atoms with Gasteiger partial charge in [0, 0.05) is 12.6 Å². The van der Waals surface area contributed by atoms with E-state index in [9.17, 15) is 0 Å². The normalized spacial score (nSPS) is 14.7. The van der Waals surface area contributed by atoms with Crippen LogP contribution in [0.15, 0.2) is 30.3 Å². The fraction of sp³-hybridized carbons (Fsp3) is 0.571. The second-order valence-electron chi connectivity index (χ2n) is 4.46.